The minimum atomic E-state index is -1.25. The van der Waals surface area contributed by atoms with E-state index < -0.39 is 24.3 Å². The zero-order valence-corrected chi connectivity index (χ0v) is 5.29. The monoisotopic (exact) mass is 146 g/mol. The van der Waals surface area contributed by atoms with Crippen LogP contribution in [-0.2, 0) is 19.1 Å². The molecule has 0 aliphatic carbocycles. The molecule has 0 atom stereocenters. The number of carbonyl (C=O) groups is 3. The minimum Gasteiger partial charge on any atom is -0.386 e. The molecule has 5 nitrogen and oxygen atoms in total. The zero-order valence-electron chi connectivity index (χ0n) is 5.29. The highest BCUT2D eigenvalue weighted by atomic mass is 16.6. The molecule has 0 aromatic carbocycles. The Labute approximate surface area is 56.6 Å². The first-order valence-electron chi connectivity index (χ1n) is 2.44. The Bertz CT molecular complexity index is 171. The largest absolute Gasteiger partial charge is 0.386 e. The van der Waals surface area contributed by atoms with Crippen LogP contribution < -0.4 is 0 Å². The van der Waals surface area contributed by atoms with Gasteiger partial charge in [-0.05, 0) is 0 Å². The van der Waals surface area contributed by atoms with Crippen LogP contribution in [0.15, 0.2) is 0 Å². The highest BCUT2D eigenvalue weighted by molar-refractivity contribution is 6.34. The molecule has 0 rings (SSSR count). The van der Waals surface area contributed by atoms with E-state index in [2.05, 4.69) is 4.74 Å². The second kappa shape index (κ2) is 3.73. The maximum Gasteiger partial charge on any atom is 0.381 e. The number of aliphatic hydroxyl groups excluding tert-OH is 1. The molecular weight excluding hydrogens is 140 g/mol. The minimum absolute atomic E-state index is 0.873. The Morgan fingerprint density at radius 3 is 2.20 bits per heavy atom. The number of aliphatic hydroxyl groups is 1. The third kappa shape index (κ3) is 2.93. The number of rotatable bonds is 2. The van der Waals surface area contributed by atoms with E-state index in [-0.39, 0.29) is 0 Å². The normalized spacial score (nSPS) is 8.60. The zero-order chi connectivity index (χ0) is 8.15. The molecule has 10 heavy (non-hydrogen) atoms. The van der Waals surface area contributed by atoms with Crippen molar-refractivity contribution >= 4 is 17.7 Å². The Balaban J connectivity index is 3.80. The van der Waals surface area contributed by atoms with Gasteiger partial charge in [0.05, 0.1) is 0 Å². The van der Waals surface area contributed by atoms with Gasteiger partial charge in [-0.25, -0.2) is 9.59 Å². The number of Topliss-reactive ketones (excluding diaryl/α,β-unsaturated/α-hetero) is 1. The smallest absolute Gasteiger partial charge is 0.381 e. The fourth-order valence-corrected chi connectivity index (χ4v) is 0.208. The Morgan fingerprint density at radius 1 is 1.40 bits per heavy atom. The third-order valence-electron chi connectivity index (χ3n) is 0.623. The third-order valence-corrected chi connectivity index (χ3v) is 0.623. The quantitative estimate of drug-likeness (QED) is 0.295. The molecule has 0 heterocycles. The van der Waals surface area contributed by atoms with Crippen LogP contribution >= 0.6 is 0 Å². The van der Waals surface area contributed by atoms with Crippen molar-refractivity contribution in [1.29, 1.82) is 0 Å². The molecule has 0 saturated heterocycles. The lowest BCUT2D eigenvalue weighted by molar-refractivity contribution is -0.165. The molecule has 0 saturated carbocycles. The van der Waals surface area contributed by atoms with Gasteiger partial charge in [0.15, 0.2) is 0 Å². The van der Waals surface area contributed by atoms with Gasteiger partial charge in [-0.1, -0.05) is 0 Å². The van der Waals surface area contributed by atoms with Crippen molar-refractivity contribution in [3.8, 4) is 0 Å². The van der Waals surface area contributed by atoms with Crippen LogP contribution in [0.1, 0.15) is 6.92 Å². The van der Waals surface area contributed by atoms with Gasteiger partial charge in [-0.15, -0.1) is 0 Å². The van der Waals surface area contributed by atoms with E-state index >= 15 is 0 Å². The van der Waals surface area contributed by atoms with E-state index in [1.165, 1.54) is 0 Å². The van der Waals surface area contributed by atoms with Crippen LogP contribution in [0, 0.1) is 0 Å². The summed E-state index contributed by atoms with van der Waals surface area (Å²) in [5.74, 6) is -3.25. The summed E-state index contributed by atoms with van der Waals surface area (Å²) in [7, 11) is 0. The molecule has 56 valence electrons. The molecule has 1 N–H and O–H groups in total. The van der Waals surface area contributed by atoms with Gasteiger partial charge in [0.1, 0.15) is 6.61 Å². The maximum atomic E-state index is 10.2. The predicted molar refractivity (Wildman–Crippen MR) is 28.9 cm³/mol. The molecule has 0 aliphatic rings. The van der Waals surface area contributed by atoms with Crippen molar-refractivity contribution in [3.63, 3.8) is 0 Å². The summed E-state index contributed by atoms with van der Waals surface area (Å²) < 4.78 is 3.78. The number of carbonyl (C=O) groups excluding carboxylic acids is 3. The lowest BCUT2D eigenvalue weighted by atomic mass is 10.5. The van der Waals surface area contributed by atoms with Gasteiger partial charge >= 0.3 is 11.9 Å². The number of ketones is 1. The van der Waals surface area contributed by atoms with Crippen LogP contribution in [0.25, 0.3) is 0 Å². The van der Waals surface area contributed by atoms with Crippen molar-refractivity contribution in [2.45, 2.75) is 6.92 Å². The van der Waals surface area contributed by atoms with E-state index in [1.54, 1.807) is 0 Å². The van der Waals surface area contributed by atoms with Gasteiger partial charge in [-0.3, -0.25) is 4.79 Å². The molecule has 0 radical (unpaired) electrons. The average Bonchev–Trinajstić information content (AvgIpc) is 1.87. The van der Waals surface area contributed by atoms with E-state index in [1.807, 2.05) is 0 Å². The fraction of sp³-hybridized carbons (Fsp3) is 0.400. The lowest BCUT2D eigenvalue weighted by Crippen LogP contribution is -2.20. The highest BCUT2D eigenvalue weighted by Gasteiger charge is 2.12. The second-order valence-electron chi connectivity index (χ2n) is 1.48. The summed E-state index contributed by atoms with van der Waals surface area (Å²) in [4.78, 5) is 30.4. The molecule has 0 fully saturated rings. The number of ether oxygens (including phenoxy) is 1. The topological polar surface area (TPSA) is 80.7 Å². The maximum absolute atomic E-state index is 10.2. The molecule has 0 amide bonds. The Morgan fingerprint density at radius 2 is 1.90 bits per heavy atom. The van der Waals surface area contributed by atoms with Crippen LogP contribution in [-0.4, -0.2) is 29.4 Å². The van der Waals surface area contributed by atoms with Gasteiger partial charge in [0.2, 0.25) is 5.78 Å². The lowest BCUT2D eigenvalue weighted by Gasteiger charge is -1.94. The van der Waals surface area contributed by atoms with Crippen LogP contribution in [0.5, 0.6) is 0 Å². The molecule has 0 aromatic rings. The van der Waals surface area contributed by atoms with E-state index in [9.17, 15) is 14.4 Å². The summed E-state index contributed by atoms with van der Waals surface area (Å²) >= 11 is 0. The average molecular weight is 146 g/mol. The SMILES string of the molecule is CC(=O)C(=O)OC(=O)CO. The second-order valence-corrected chi connectivity index (χ2v) is 1.48. The standard InChI is InChI=1S/C5H6O5/c1-3(7)5(9)10-4(8)2-6/h6H,2H2,1H3. The first kappa shape index (κ1) is 8.77. The van der Waals surface area contributed by atoms with Crippen molar-refractivity contribution < 1.29 is 24.2 Å². The van der Waals surface area contributed by atoms with Gasteiger partial charge < -0.3 is 9.84 Å². The predicted octanol–water partition coefficient (Wildman–Crippen LogP) is -1.36. The van der Waals surface area contributed by atoms with Gasteiger partial charge in [0.25, 0.3) is 0 Å². The molecule has 0 spiro atoms. The van der Waals surface area contributed by atoms with Crippen LogP contribution in [0.3, 0.4) is 0 Å². The summed E-state index contributed by atoms with van der Waals surface area (Å²) in [5.41, 5.74) is 0. The first-order chi connectivity index (χ1) is 4.57. The molecule has 0 aromatic heterocycles. The van der Waals surface area contributed by atoms with E-state index in [0.29, 0.717) is 0 Å². The van der Waals surface area contributed by atoms with Crippen LogP contribution in [0.2, 0.25) is 0 Å². The van der Waals surface area contributed by atoms with E-state index in [4.69, 9.17) is 5.11 Å². The highest BCUT2D eigenvalue weighted by Crippen LogP contribution is 1.80. The van der Waals surface area contributed by atoms with Crippen LogP contribution in [0.4, 0.5) is 0 Å². The van der Waals surface area contributed by atoms with Gasteiger partial charge in [-0.2, -0.15) is 0 Å². The van der Waals surface area contributed by atoms with Crippen molar-refractivity contribution in [2.75, 3.05) is 6.61 Å². The Hall–Kier alpha value is -1.23. The van der Waals surface area contributed by atoms with Crippen molar-refractivity contribution in [3.05, 3.63) is 0 Å². The van der Waals surface area contributed by atoms with Crippen molar-refractivity contribution in [2.24, 2.45) is 0 Å². The molecule has 5 heteroatoms. The summed E-state index contributed by atoms with van der Waals surface area (Å²) in [6.07, 6.45) is 0. The number of hydrogen-bond acceptors (Lipinski definition) is 5. The Kier molecular flexibility index (Phi) is 3.27. The molecular formula is C5H6O5. The summed E-state index contributed by atoms with van der Waals surface area (Å²) in [5, 5.41) is 8.03. The first-order valence-corrected chi connectivity index (χ1v) is 2.44. The number of hydrogen-bond donors (Lipinski definition) is 1. The van der Waals surface area contributed by atoms with E-state index in [0.717, 1.165) is 6.92 Å². The van der Waals surface area contributed by atoms with Crippen molar-refractivity contribution in [1.82, 2.24) is 0 Å². The molecule has 0 unspecified atom stereocenters. The molecule has 0 bridgehead atoms. The summed E-state index contributed by atoms with van der Waals surface area (Å²) in [6.45, 7) is 0.0615. The van der Waals surface area contributed by atoms with Gasteiger partial charge in [0, 0.05) is 6.92 Å². The number of esters is 2. The summed E-state index contributed by atoms with van der Waals surface area (Å²) in [6, 6.07) is 0. The molecule has 0 aliphatic heterocycles. The fourth-order valence-electron chi connectivity index (χ4n) is 0.208.